The summed E-state index contributed by atoms with van der Waals surface area (Å²) in [7, 11) is 1.68. The van der Waals surface area contributed by atoms with Gasteiger partial charge >= 0.3 is 5.69 Å². The molecule has 5 aromatic rings. The van der Waals surface area contributed by atoms with Crippen LogP contribution < -0.4 is 15.9 Å². The van der Waals surface area contributed by atoms with Crippen LogP contribution in [0.4, 0.5) is 5.82 Å². The number of amides is 2. The molecule has 0 saturated carbocycles. The van der Waals surface area contributed by atoms with Crippen molar-refractivity contribution in [3.63, 3.8) is 0 Å². The largest absolute Gasteiger partial charge is 0.507 e. The van der Waals surface area contributed by atoms with Gasteiger partial charge in [0.25, 0.3) is 0 Å². The number of rotatable bonds is 12. The molecule has 8 rings (SSSR count). The number of nitrogens with one attached hydrogen (secondary N) is 1. The lowest BCUT2D eigenvalue weighted by atomic mass is 10.1. The van der Waals surface area contributed by atoms with Crippen LogP contribution in [0.1, 0.15) is 78.3 Å². The van der Waals surface area contributed by atoms with Gasteiger partial charge < -0.3 is 14.9 Å². The number of phenolic OH excluding ortho intramolecular Hbond substituents is 1. The molecule has 3 atom stereocenters. The molecule has 3 aliphatic rings. The van der Waals surface area contributed by atoms with Crippen molar-refractivity contribution in [2.45, 2.75) is 76.0 Å². The summed E-state index contributed by atoms with van der Waals surface area (Å²) < 4.78 is 4.84. The molecule has 286 valence electrons. The molecule has 6 heterocycles. The van der Waals surface area contributed by atoms with E-state index in [9.17, 15) is 24.3 Å². The second-order valence-electron chi connectivity index (χ2n) is 14.7. The molecule has 2 bridgehead atoms. The van der Waals surface area contributed by atoms with Crippen molar-refractivity contribution in [3.05, 3.63) is 112 Å². The third-order valence-corrected chi connectivity index (χ3v) is 10.9. The lowest BCUT2D eigenvalue weighted by Crippen LogP contribution is -2.44. The van der Waals surface area contributed by atoms with Crippen LogP contribution in [0.3, 0.4) is 0 Å². The first-order chi connectivity index (χ1) is 27.2. The zero-order valence-electron chi connectivity index (χ0n) is 31.2. The number of allylic oxidation sites excluding steroid dienone is 1. The minimum atomic E-state index is -0.728. The van der Waals surface area contributed by atoms with E-state index in [0.29, 0.717) is 41.6 Å². The second-order valence-corrected chi connectivity index (χ2v) is 14.7. The Morgan fingerprint density at radius 2 is 1.84 bits per heavy atom. The number of hydrogen-bond acceptors (Lipinski definition) is 10. The molecule has 0 aliphatic carbocycles. The topological polar surface area (TPSA) is 160 Å². The number of fused-ring (bicyclic) bond motifs is 3. The van der Waals surface area contributed by atoms with E-state index in [0.717, 1.165) is 68.0 Å². The van der Waals surface area contributed by atoms with Crippen LogP contribution in [0.25, 0.3) is 11.0 Å². The number of ketones is 1. The van der Waals surface area contributed by atoms with Crippen molar-refractivity contribution in [3.8, 4) is 17.6 Å². The number of phenols is 1. The number of benzene rings is 2. The predicted octanol–water partition coefficient (Wildman–Crippen LogP) is 3.87. The third-order valence-electron chi connectivity index (χ3n) is 10.9. The molecule has 3 fully saturated rings. The number of para-hydroxylation sites is 2. The highest BCUT2D eigenvalue weighted by Crippen LogP contribution is 2.34. The Morgan fingerprint density at radius 1 is 0.982 bits per heavy atom. The monoisotopic (exact) mass is 753 g/mol. The molecule has 14 heteroatoms. The van der Waals surface area contributed by atoms with Crippen LogP contribution in [0, 0.1) is 11.8 Å². The van der Waals surface area contributed by atoms with Crippen LogP contribution in [0.5, 0.6) is 5.75 Å². The Labute approximate surface area is 323 Å². The van der Waals surface area contributed by atoms with Crippen LogP contribution in [0.15, 0.2) is 83.9 Å². The molecular weight excluding hydrogens is 711 g/mol. The summed E-state index contributed by atoms with van der Waals surface area (Å²) in [6.45, 7) is 2.16. The summed E-state index contributed by atoms with van der Waals surface area (Å²) in [4.78, 5) is 59.5. The lowest BCUT2D eigenvalue weighted by molar-refractivity contribution is -0.135. The first-order valence-corrected chi connectivity index (χ1v) is 19.1. The van der Waals surface area contributed by atoms with Gasteiger partial charge in [0.15, 0.2) is 5.78 Å². The number of nitrogens with zero attached hydrogens (tertiary/aromatic N) is 8. The number of aryl methyl sites for hydroxylation is 2. The number of aromatic nitrogens is 6. The molecule has 2 N–H and O–H groups in total. The number of piperidine rings is 1. The van der Waals surface area contributed by atoms with E-state index >= 15 is 0 Å². The van der Waals surface area contributed by atoms with Crippen LogP contribution in [-0.2, 0) is 29.6 Å². The predicted molar refractivity (Wildman–Crippen MR) is 209 cm³/mol. The molecule has 2 amide bonds. The first-order valence-electron chi connectivity index (χ1n) is 19.1. The highest BCUT2D eigenvalue weighted by Gasteiger charge is 2.42. The number of pyridine rings is 1. The number of piperazine rings is 1. The highest BCUT2D eigenvalue weighted by atomic mass is 16.3. The van der Waals surface area contributed by atoms with Crippen LogP contribution >= 0.6 is 0 Å². The highest BCUT2D eigenvalue weighted by molar-refractivity contribution is 6.06. The van der Waals surface area contributed by atoms with Crippen molar-refractivity contribution in [2.24, 2.45) is 7.05 Å². The van der Waals surface area contributed by atoms with Gasteiger partial charge in [0, 0.05) is 63.5 Å². The van der Waals surface area contributed by atoms with Gasteiger partial charge in [-0.15, -0.1) is 5.10 Å². The number of imidazole rings is 1. The summed E-state index contributed by atoms with van der Waals surface area (Å²) in [5.41, 5.74) is 3.89. The maximum atomic E-state index is 13.2. The number of aromatic hydroxyl groups is 1. The molecule has 3 aromatic heterocycles. The molecule has 14 nitrogen and oxygen atoms in total. The van der Waals surface area contributed by atoms with Crippen LogP contribution in [0.2, 0.25) is 0 Å². The van der Waals surface area contributed by atoms with E-state index < -0.39 is 11.9 Å². The molecular formula is C42H43N9O5. The van der Waals surface area contributed by atoms with Gasteiger partial charge in [0.2, 0.25) is 11.8 Å². The summed E-state index contributed by atoms with van der Waals surface area (Å²) >= 11 is 0. The van der Waals surface area contributed by atoms with Crippen molar-refractivity contribution in [1.29, 1.82) is 0 Å². The minimum absolute atomic E-state index is 0.00845. The zero-order chi connectivity index (χ0) is 38.8. The maximum Gasteiger partial charge on any atom is 0.329 e. The first kappa shape index (κ1) is 36.5. The summed E-state index contributed by atoms with van der Waals surface area (Å²) in [5.74, 6) is 6.45. The van der Waals surface area contributed by atoms with E-state index in [4.69, 9.17) is 4.98 Å². The number of unbranched alkanes of at least 4 members (excludes halogenated alkanes) is 3. The standard InChI is InChI=1S/C42H43N9O5/c1-47-40-28(12-9-16-34(40)51(42(47)56)35-19-20-39(54)44-41(35)55)11-5-3-2-4-6-13-30-25-49(46-45-30)24-29-14-10-18-38(43-29)50-27-31-23-32(50)26-48(31)22-21-37(53)33-15-7-8-17-36(33)52/h7-10,12,14-18,21-22,25,31-32,35,52H,2-4,6,13,19-20,23-24,26-27H2,1H3,(H,44,54,55)/b22-21+/t31-,32-,35?/m1/s1. The summed E-state index contributed by atoms with van der Waals surface area (Å²) in [5, 5.41) is 21.1. The third kappa shape index (κ3) is 7.44. The fourth-order valence-electron chi connectivity index (χ4n) is 8.13. The molecule has 1 unspecified atom stereocenters. The van der Waals surface area contributed by atoms with Gasteiger partial charge in [-0.25, -0.2) is 14.5 Å². The average Bonchev–Trinajstić information content (AvgIpc) is 3.98. The van der Waals surface area contributed by atoms with E-state index in [1.165, 1.54) is 15.2 Å². The lowest BCUT2D eigenvalue weighted by Gasteiger charge is -2.34. The fourth-order valence-corrected chi connectivity index (χ4v) is 8.13. The maximum absolute atomic E-state index is 13.2. The number of anilines is 1. The van der Waals surface area contributed by atoms with E-state index in [1.54, 1.807) is 31.3 Å². The number of likely N-dealkylation sites (tertiary alicyclic amines) is 1. The van der Waals surface area contributed by atoms with E-state index in [1.807, 2.05) is 53.5 Å². The zero-order valence-corrected chi connectivity index (χ0v) is 31.2. The Balaban J connectivity index is 0.798. The van der Waals surface area contributed by atoms with E-state index in [-0.39, 0.29) is 36.0 Å². The SMILES string of the molecule is Cn1c(=O)n(C2CCC(=O)NC2=O)c2cccc(C#CCCCCCc3cn(Cc4cccc(N5C[C@H]6C[C@@H]5CN6/C=C/C(=O)c5ccccc5O)n4)nn3)c21. The van der Waals surface area contributed by atoms with Crippen molar-refractivity contribution >= 4 is 34.4 Å². The molecule has 56 heavy (non-hydrogen) atoms. The number of carbonyl (C=O) groups excluding carboxylic acids is 3. The molecule has 3 aliphatic heterocycles. The molecule has 2 aromatic carbocycles. The van der Waals surface area contributed by atoms with Gasteiger partial charge in [-0.2, -0.15) is 0 Å². The number of hydrogen-bond donors (Lipinski definition) is 2. The molecule has 0 spiro atoms. The number of imide groups is 1. The fraction of sp³-hybridized carbons (Fsp3) is 0.357. The Hall–Kier alpha value is -6.49. The molecule has 3 saturated heterocycles. The van der Waals surface area contributed by atoms with Gasteiger partial charge in [-0.3, -0.25) is 28.8 Å². The Morgan fingerprint density at radius 3 is 2.66 bits per heavy atom. The van der Waals surface area contributed by atoms with Gasteiger partial charge in [0.05, 0.1) is 40.1 Å². The van der Waals surface area contributed by atoms with Gasteiger partial charge in [-0.05, 0) is 68.5 Å². The molecule has 0 radical (unpaired) electrons. The van der Waals surface area contributed by atoms with Gasteiger partial charge in [0.1, 0.15) is 17.6 Å². The average molecular weight is 754 g/mol. The Kier molecular flexibility index (Phi) is 10.2. The van der Waals surface area contributed by atoms with Gasteiger partial charge in [-0.1, -0.05) is 47.7 Å². The Bertz CT molecular complexity index is 2470. The van der Waals surface area contributed by atoms with Crippen molar-refractivity contribution in [1.82, 2.24) is 39.3 Å². The van der Waals surface area contributed by atoms with Crippen molar-refractivity contribution < 1.29 is 19.5 Å². The normalized spacial score (nSPS) is 19.2. The van der Waals surface area contributed by atoms with Crippen LogP contribution in [-0.4, -0.2) is 81.9 Å². The smallest absolute Gasteiger partial charge is 0.329 e. The second kappa shape index (κ2) is 15.7. The van der Waals surface area contributed by atoms with Crippen molar-refractivity contribution in [2.75, 3.05) is 18.0 Å². The quantitative estimate of drug-likeness (QED) is 0.0630. The number of carbonyl (C=O) groups is 3. The van der Waals surface area contributed by atoms with E-state index in [2.05, 4.69) is 37.3 Å². The summed E-state index contributed by atoms with van der Waals surface area (Å²) in [6, 6.07) is 18.1. The summed E-state index contributed by atoms with van der Waals surface area (Å²) in [6.07, 6.45) is 11.3. The minimum Gasteiger partial charge on any atom is -0.507 e.